The Labute approximate surface area is 211 Å². The molecule has 0 saturated carbocycles. The highest BCUT2D eigenvalue weighted by Crippen LogP contribution is 2.49. The first-order valence-corrected chi connectivity index (χ1v) is 10.9. The van der Waals surface area contributed by atoms with Crippen LogP contribution >= 0.6 is 0 Å². The number of halogens is 6. The summed E-state index contributed by atoms with van der Waals surface area (Å²) in [4.78, 5) is 31.2. The van der Waals surface area contributed by atoms with Gasteiger partial charge < -0.3 is 14.5 Å². The van der Waals surface area contributed by atoms with Gasteiger partial charge in [0.15, 0.2) is 11.8 Å². The lowest BCUT2D eigenvalue weighted by Crippen LogP contribution is -2.54. The summed E-state index contributed by atoms with van der Waals surface area (Å²) in [5.41, 5.74) is 3.53. The molecular weight excluding hydrogens is 520 g/mol. The number of ether oxygens (including phenoxy) is 1. The number of hydrogen-bond donors (Lipinski definition) is 1. The van der Waals surface area contributed by atoms with E-state index < -0.39 is 47.6 Å². The summed E-state index contributed by atoms with van der Waals surface area (Å²) in [6.45, 7) is 0. The Balaban J connectivity index is 2.08. The second kappa shape index (κ2) is 9.65. The van der Waals surface area contributed by atoms with Crippen LogP contribution in [0.3, 0.4) is 0 Å². The summed E-state index contributed by atoms with van der Waals surface area (Å²) >= 11 is 0. The van der Waals surface area contributed by atoms with Gasteiger partial charge in [0.1, 0.15) is 5.75 Å². The number of hydrogen-bond acceptors (Lipinski definition) is 6. The topological polar surface area (TPSA) is 85.1 Å². The van der Waals surface area contributed by atoms with E-state index in [1.807, 2.05) is 0 Å². The summed E-state index contributed by atoms with van der Waals surface area (Å²) in [5, 5.41) is 0.244. The van der Waals surface area contributed by atoms with Gasteiger partial charge in [-0.15, -0.1) is 13.2 Å². The zero-order chi connectivity index (χ0) is 27.9. The maximum absolute atomic E-state index is 13.8. The average Bonchev–Trinajstić information content (AvgIpc) is 3.05. The number of likely N-dealkylation sites (N-methyl/N-ethyl adjacent to an activating group) is 1. The number of nitrogens with zero attached hydrogens (tertiary/aromatic N) is 2. The van der Waals surface area contributed by atoms with E-state index in [2.05, 4.69) is 9.57 Å². The Bertz CT molecular complexity index is 1330. The van der Waals surface area contributed by atoms with E-state index in [1.165, 1.54) is 36.4 Å². The highest BCUT2D eigenvalue weighted by Gasteiger charge is 2.63. The molecule has 1 saturated heterocycles. The third-order valence-corrected chi connectivity index (χ3v) is 5.90. The van der Waals surface area contributed by atoms with Gasteiger partial charge in [0.2, 0.25) is 0 Å². The minimum absolute atomic E-state index is 0.128. The number of amides is 1. The maximum atomic E-state index is 13.8. The molecule has 1 aliphatic rings. The van der Waals surface area contributed by atoms with E-state index in [0.717, 1.165) is 24.1 Å². The van der Waals surface area contributed by atoms with Crippen LogP contribution in [0.1, 0.15) is 11.1 Å². The molecule has 0 aromatic heterocycles. The number of rotatable bonds is 5. The van der Waals surface area contributed by atoms with Crippen LogP contribution in [-0.2, 0) is 20.0 Å². The molecule has 2 N–H and O–H groups in total. The molecule has 3 aromatic carbocycles. The van der Waals surface area contributed by atoms with Gasteiger partial charge in [0, 0.05) is 12.6 Å². The summed E-state index contributed by atoms with van der Waals surface area (Å²) in [6, 6.07) is 18.5. The summed E-state index contributed by atoms with van der Waals surface area (Å²) in [7, 11) is 1.11. The lowest BCUT2D eigenvalue weighted by atomic mass is 9.80. The number of carbonyl (C=O) groups excluding carboxylic acids is 2. The molecule has 1 aliphatic heterocycles. The van der Waals surface area contributed by atoms with E-state index in [0.29, 0.717) is 11.1 Å². The van der Waals surface area contributed by atoms with Crippen molar-refractivity contribution in [1.29, 1.82) is 0 Å². The van der Waals surface area contributed by atoms with Crippen molar-refractivity contribution >= 4 is 11.9 Å². The van der Waals surface area contributed by atoms with Gasteiger partial charge in [-0.3, -0.25) is 10.5 Å². The van der Waals surface area contributed by atoms with Crippen LogP contribution in [0.2, 0.25) is 0 Å². The number of carbonyl (C=O) groups is 2. The van der Waals surface area contributed by atoms with Crippen LogP contribution in [0.5, 0.6) is 5.75 Å². The largest absolute Gasteiger partial charge is 0.573 e. The summed E-state index contributed by atoms with van der Waals surface area (Å²) < 4.78 is 84.4. The zero-order valence-electron chi connectivity index (χ0n) is 19.5. The van der Waals surface area contributed by atoms with Gasteiger partial charge in [-0.1, -0.05) is 71.8 Å². The van der Waals surface area contributed by atoms with Gasteiger partial charge in [-0.25, -0.2) is 4.79 Å². The monoisotopic (exact) mass is 539 g/mol. The summed E-state index contributed by atoms with van der Waals surface area (Å²) in [5.74, 6) is -4.71. The van der Waals surface area contributed by atoms with E-state index in [9.17, 15) is 35.9 Å². The van der Waals surface area contributed by atoms with Gasteiger partial charge >= 0.3 is 18.5 Å². The fraction of sp³-hybridized carbons (Fsp3) is 0.200. The normalized spacial score (nSPS) is 20.5. The van der Waals surface area contributed by atoms with Gasteiger partial charge in [-0.05, 0) is 28.8 Å². The molecule has 38 heavy (non-hydrogen) atoms. The molecule has 1 amide bonds. The smallest absolute Gasteiger partial charge is 0.405 e. The molecule has 0 radical (unpaired) electrons. The second-order valence-electron chi connectivity index (χ2n) is 8.23. The van der Waals surface area contributed by atoms with Gasteiger partial charge in [0.05, 0.1) is 0 Å². The Kier molecular flexibility index (Phi) is 6.84. The molecule has 200 valence electrons. The lowest BCUT2D eigenvalue weighted by Gasteiger charge is -2.36. The van der Waals surface area contributed by atoms with E-state index >= 15 is 0 Å². The first kappa shape index (κ1) is 26.9. The van der Waals surface area contributed by atoms with Crippen molar-refractivity contribution in [2.75, 3.05) is 7.05 Å². The number of nitrogens with two attached hydrogens (primary N) is 1. The third kappa shape index (κ3) is 4.77. The van der Waals surface area contributed by atoms with Crippen LogP contribution in [0, 0.1) is 0 Å². The molecule has 7 nitrogen and oxygen atoms in total. The predicted molar refractivity (Wildman–Crippen MR) is 121 cm³/mol. The first-order chi connectivity index (χ1) is 17.8. The molecule has 2 unspecified atom stereocenters. The number of benzene rings is 3. The summed E-state index contributed by atoms with van der Waals surface area (Å²) in [6.07, 6.45) is -12.6. The van der Waals surface area contributed by atoms with Crippen molar-refractivity contribution in [1.82, 2.24) is 9.96 Å². The fourth-order valence-electron chi connectivity index (χ4n) is 4.24. The van der Waals surface area contributed by atoms with Crippen molar-refractivity contribution < 1.29 is 45.5 Å². The highest BCUT2D eigenvalue weighted by atomic mass is 19.4. The average molecular weight is 539 g/mol. The van der Waals surface area contributed by atoms with Gasteiger partial charge in [-0.2, -0.15) is 13.2 Å². The van der Waals surface area contributed by atoms with Crippen molar-refractivity contribution in [3.05, 3.63) is 90.0 Å². The molecule has 0 bridgehead atoms. The predicted octanol–water partition coefficient (Wildman–Crippen LogP) is 4.53. The molecule has 1 fully saturated rings. The van der Waals surface area contributed by atoms with Crippen LogP contribution in [-0.4, -0.2) is 47.7 Å². The molecule has 1 heterocycles. The fourth-order valence-corrected chi connectivity index (χ4v) is 4.24. The van der Waals surface area contributed by atoms with Crippen LogP contribution in [0.4, 0.5) is 26.3 Å². The molecule has 3 aromatic rings. The highest BCUT2D eigenvalue weighted by molar-refractivity contribution is 5.95. The van der Waals surface area contributed by atoms with Crippen molar-refractivity contribution in [2.24, 2.45) is 5.73 Å². The minimum Gasteiger partial charge on any atom is -0.405 e. The minimum atomic E-state index is -5.51. The molecule has 13 heteroatoms. The standard InChI is InChI=1S/C25H19F6N3O4/c1-33-20(35)23(17-10-6-3-7-11-17,34(22(33)32)38-21(36)24(26,27)28)18-14-16(15-8-4-2-5-9-15)12-13-19(18)37-25(29,30)31/h2-14,22H,32H2,1H3. The molecule has 2 atom stereocenters. The van der Waals surface area contributed by atoms with Crippen LogP contribution in [0.25, 0.3) is 11.1 Å². The number of hydroxylamine groups is 2. The Morgan fingerprint density at radius 3 is 2.03 bits per heavy atom. The zero-order valence-corrected chi connectivity index (χ0v) is 19.5. The molecule has 0 spiro atoms. The lowest BCUT2D eigenvalue weighted by molar-refractivity contribution is -0.277. The Morgan fingerprint density at radius 1 is 0.895 bits per heavy atom. The molecule has 4 rings (SSSR count). The molecule has 0 aliphatic carbocycles. The van der Waals surface area contributed by atoms with E-state index in [-0.39, 0.29) is 10.6 Å². The number of alkyl halides is 6. The third-order valence-electron chi connectivity index (χ3n) is 5.90. The Morgan fingerprint density at radius 2 is 1.47 bits per heavy atom. The SMILES string of the molecule is CN1C(=O)C(c2ccccc2)(c2cc(-c3ccccc3)ccc2OC(F)(F)F)N(OC(=O)C(F)(F)F)C1N. The van der Waals surface area contributed by atoms with E-state index in [1.54, 1.807) is 30.3 Å². The van der Waals surface area contributed by atoms with Crippen molar-refractivity contribution in [3.63, 3.8) is 0 Å². The van der Waals surface area contributed by atoms with E-state index in [4.69, 9.17) is 5.73 Å². The van der Waals surface area contributed by atoms with Crippen LogP contribution in [0.15, 0.2) is 78.9 Å². The van der Waals surface area contributed by atoms with Crippen molar-refractivity contribution in [2.45, 2.75) is 24.4 Å². The second-order valence-corrected chi connectivity index (χ2v) is 8.23. The van der Waals surface area contributed by atoms with Crippen LogP contribution < -0.4 is 10.5 Å². The van der Waals surface area contributed by atoms with Gasteiger partial charge in [0.25, 0.3) is 5.91 Å². The molecular formula is C25H19F6N3O4. The quantitative estimate of drug-likeness (QED) is 0.480. The Hall–Kier alpha value is -4.10. The van der Waals surface area contributed by atoms with Crippen molar-refractivity contribution in [3.8, 4) is 16.9 Å². The first-order valence-electron chi connectivity index (χ1n) is 10.9. The maximum Gasteiger partial charge on any atom is 0.573 e.